The molecule has 0 unspecified atom stereocenters. The average molecular weight is 602 g/mol. The van der Waals surface area contributed by atoms with E-state index in [1.165, 1.54) is 0 Å². The third kappa shape index (κ3) is 4.75. The molecule has 0 atom stereocenters. The van der Waals surface area contributed by atoms with Crippen LogP contribution < -0.4 is 0 Å². The van der Waals surface area contributed by atoms with Crippen LogP contribution in [0.15, 0.2) is 168 Å². The smallest absolute Gasteiger partial charge is 0.164 e. The van der Waals surface area contributed by atoms with Crippen molar-refractivity contribution >= 4 is 32.7 Å². The number of fused-ring (bicyclic) bond motifs is 5. The van der Waals surface area contributed by atoms with Gasteiger partial charge in [0.05, 0.1) is 0 Å². The van der Waals surface area contributed by atoms with Crippen LogP contribution in [0.2, 0.25) is 0 Å². The molecule has 4 heteroatoms. The largest absolute Gasteiger partial charge is 0.455 e. The van der Waals surface area contributed by atoms with Crippen molar-refractivity contribution in [3.05, 3.63) is 164 Å². The number of nitrogens with zero attached hydrogens (tertiary/aromatic N) is 3. The molecule has 0 amide bonds. The molecule has 0 radical (unpaired) electrons. The van der Waals surface area contributed by atoms with Gasteiger partial charge in [0.15, 0.2) is 17.5 Å². The van der Waals surface area contributed by atoms with Crippen molar-refractivity contribution in [3.63, 3.8) is 0 Å². The van der Waals surface area contributed by atoms with Crippen molar-refractivity contribution in [2.45, 2.75) is 0 Å². The van der Waals surface area contributed by atoms with Gasteiger partial charge < -0.3 is 4.42 Å². The quantitative estimate of drug-likeness (QED) is 0.197. The first kappa shape index (κ1) is 27.0. The molecule has 0 aliphatic rings. The summed E-state index contributed by atoms with van der Waals surface area (Å²) in [5, 5.41) is 4.13. The first-order valence-corrected chi connectivity index (χ1v) is 15.7. The van der Waals surface area contributed by atoms with Crippen LogP contribution in [0, 0.1) is 0 Å². The molecule has 47 heavy (non-hydrogen) atoms. The van der Waals surface area contributed by atoms with Crippen molar-refractivity contribution < 1.29 is 4.42 Å². The molecule has 220 valence electrons. The second kappa shape index (κ2) is 11.2. The second-order valence-corrected chi connectivity index (χ2v) is 11.6. The Balaban J connectivity index is 1.30. The molecule has 4 nitrogen and oxygen atoms in total. The predicted octanol–water partition coefficient (Wildman–Crippen LogP) is 11.3. The zero-order chi connectivity index (χ0) is 31.2. The number of furan rings is 1. The Morgan fingerprint density at radius 2 is 0.809 bits per heavy atom. The Bertz CT molecular complexity index is 2560. The summed E-state index contributed by atoms with van der Waals surface area (Å²) >= 11 is 0. The fraction of sp³-hybridized carbons (Fsp3) is 0. The molecule has 0 fully saturated rings. The second-order valence-electron chi connectivity index (χ2n) is 11.6. The van der Waals surface area contributed by atoms with Crippen molar-refractivity contribution in [3.8, 4) is 56.4 Å². The highest BCUT2D eigenvalue weighted by Crippen LogP contribution is 2.42. The Kier molecular flexibility index (Phi) is 6.43. The van der Waals surface area contributed by atoms with Gasteiger partial charge in [-0.1, -0.05) is 152 Å². The molecule has 9 aromatic rings. The highest BCUT2D eigenvalue weighted by molar-refractivity contribution is 6.20. The molecule has 0 saturated carbocycles. The van der Waals surface area contributed by atoms with Crippen LogP contribution in [0.5, 0.6) is 0 Å². The van der Waals surface area contributed by atoms with Crippen molar-refractivity contribution in [1.82, 2.24) is 15.0 Å². The van der Waals surface area contributed by atoms with E-state index < -0.39 is 0 Å². The minimum atomic E-state index is 0.616. The standard InChI is InChI=1S/C43H27N3O/c1-4-14-28(15-5-1)31-20-12-21-32(26-31)42-44-41(30-18-8-3-9-19-30)45-43(46-42)38-27-37-36-25-13-24-33(29-16-6-2-7-17-29)39(36)47-40(37)35-23-11-10-22-34(35)38/h1-27H. The molecule has 0 spiro atoms. The molecule has 0 saturated heterocycles. The van der Waals surface area contributed by atoms with Crippen LogP contribution in [0.1, 0.15) is 0 Å². The van der Waals surface area contributed by atoms with Gasteiger partial charge in [0, 0.05) is 38.4 Å². The van der Waals surface area contributed by atoms with Crippen LogP contribution >= 0.6 is 0 Å². The lowest BCUT2D eigenvalue weighted by atomic mass is 9.98. The molecule has 0 bridgehead atoms. The summed E-state index contributed by atoms with van der Waals surface area (Å²) in [5.41, 5.74) is 8.96. The van der Waals surface area contributed by atoms with E-state index >= 15 is 0 Å². The average Bonchev–Trinajstić information content (AvgIpc) is 3.55. The normalized spacial score (nSPS) is 11.4. The minimum absolute atomic E-state index is 0.616. The number of hydrogen-bond donors (Lipinski definition) is 0. The molecule has 0 aliphatic carbocycles. The summed E-state index contributed by atoms with van der Waals surface area (Å²) in [6.45, 7) is 0. The van der Waals surface area contributed by atoms with Gasteiger partial charge in [-0.3, -0.25) is 0 Å². The van der Waals surface area contributed by atoms with Crippen LogP contribution in [-0.4, -0.2) is 15.0 Å². The van der Waals surface area contributed by atoms with E-state index in [0.29, 0.717) is 17.5 Å². The predicted molar refractivity (Wildman–Crippen MR) is 192 cm³/mol. The molecule has 2 heterocycles. The van der Waals surface area contributed by atoms with Crippen LogP contribution in [0.3, 0.4) is 0 Å². The van der Waals surface area contributed by atoms with E-state index in [0.717, 1.165) is 71.7 Å². The Hall–Kier alpha value is -6.39. The van der Waals surface area contributed by atoms with Gasteiger partial charge in [-0.05, 0) is 34.2 Å². The van der Waals surface area contributed by atoms with Crippen molar-refractivity contribution in [1.29, 1.82) is 0 Å². The lowest BCUT2D eigenvalue weighted by Gasteiger charge is -2.11. The zero-order valence-corrected chi connectivity index (χ0v) is 25.3. The van der Waals surface area contributed by atoms with Gasteiger partial charge in [0.1, 0.15) is 11.2 Å². The van der Waals surface area contributed by atoms with E-state index in [-0.39, 0.29) is 0 Å². The number of benzene rings is 7. The first-order chi connectivity index (χ1) is 23.3. The summed E-state index contributed by atoms with van der Waals surface area (Å²) in [7, 11) is 0. The topological polar surface area (TPSA) is 51.8 Å². The molecular formula is C43H27N3O. The molecule has 0 aliphatic heterocycles. The number of aromatic nitrogens is 3. The monoisotopic (exact) mass is 601 g/mol. The van der Waals surface area contributed by atoms with Crippen molar-refractivity contribution in [2.75, 3.05) is 0 Å². The lowest BCUT2D eigenvalue weighted by Crippen LogP contribution is -2.00. The first-order valence-electron chi connectivity index (χ1n) is 15.7. The zero-order valence-electron chi connectivity index (χ0n) is 25.3. The lowest BCUT2D eigenvalue weighted by molar-refractivity contribution is 0.674. The summed E-state index contributed by atoms with van der Waals surface area (Å²) in [6, 6.07) is 56.2. The number of para-hydroxylation sites is 1. The maximum Gasteiger partial charge on any atom is 0.164 e. The summed E-state index contributed by atoms with van der Waals surface area (Å²) in [4.78, 5) is 15.3. The summed E-state index contributed by atoms with van der Waals surface area (Å²) in [5.74, 6) is 1.87. The maximum absolute atomic E-state index is 6.73. The van der Waals surface area contributed by atoms with E-state index in [1.807, 2.05) is 42.5 Å². The summed E-state index contributed by atoms with van der Waals surface area (Å²) < 4.78 is 6.73. The van der Waals surface area contributed by atoms with E-state index in [2.05, 4.69) is 121 Å². The highest BCUT2D eigenvalue weighted by Gasteiger charge is 2.20. The third-order valence-electron chi connectivity index (χ3n) is 8.73. The Morgan fingerprint density at radius 3 is 1.55 bits per heavy atom. The SMILES string of the molecule is c1ccc(-c2cccc(-c3nc(-c4ccccc4)nc(-c4cc5c6cccc(-c7ccccc7)c6oc5c5ccccc45)n3)c2)cc1. The Morgan fingerprint density at radius 1 is 0.298 bits per heavy atom. The molecule has 2 aromatic heterocycles. The van der Waals surface area contributed by atoms with E-state index in [9.17, 15) is 0 Å². The molecule has 0 N–H and O–H groups in total. The van der Waals surface area contributed by atoms with Gasteiger partial charge in [-0.15, -0.1) is 0 Å². The van der Waals surface area contributed by atoms with Crippen LogP contribution in [-0.2, 0) is 0 Å². The highest BCUT2D eigenvalue weighted by atomic mass is 16.3. The summed E-state index contributed by atoms with van der Waals surface area (Å²) in [6.07, 6.45) is 0. The molecular weight excluding hydrogens is 574 g/mol. The van der Waals surface area contributed by atoms with Gasteiger partial charge >= 0.3 is 0 Å². The van der Waals surface area contributed by atoms with Gasteiger partial charge in [0.25, 0.3) is 0 Å². The molecule has 9 rings (SSSR count). The van der Waals surface area contributed by atoms with Crippen LogP contribution in [0.4, 0.5) is 0 Å². The molecule has 7 aromatic carbocycles. The van der Waals surface area contributed by atoms with Gasteiger partial charge in [-0.2, -0.15) is 0 Å². The number of hydrogen-bond acceptors (Lipinski definition) is 4. The maximum atomic E-state index is 6.73. The van der Waals surface area contributed by atoms with Gasteiger partial charge in [-0.25, -0.2) is 15.0 Å². The van der Waals surface area contributed by atoms with Crippen LogP contribution in [0.25, 0.3) is 89.1 Å². The minimum Gasteiger partial charge on any atom is -0.455 e. The number of rotatable bonds is 5. The third-order valence-corrected chi connectivity index (χ3v) is 8.73. The van der Waals surface area contributed by atoms with Crippen molar-refractivity contribution in [2.24, 2.45) is 0 Å². The fourth-order valence-corrected chi connectivity index (χ4v) is 6.46. The fourth-order valence-electron chi connectivity index (χ4n) is 6.46. The Labute approximate surface area is 271 Å². The van der Waals surface area contributed by atoms with Gasteiger partial charge in [0.2, 0.25) is 0 Å². The van der Waals surface area contributed by atoms with E-state index in [1.54, 1.807) is 0 Å². The van der Waals surface area contributed by atoms with E-state index in [4.69, 9.17) is 19.4 Å².